The van der Waals surface area contributed by atoms with Crippen LogP contribution in [0.1, 0.15) is 44.2 Å². The number of nitrogens with one attached hydrogen (secondary N) is 1. The molecular weight excluding hydrogens is 276 g/mol. The molecular formula is C18H30N2S. The third-order valence-corrected chi connectivity index (χ3v) is 5.29. The van der Waals surface area contributed by atoms with Gasteiger partial charge in [0, 0.05) is 10.9 Å². The molecule has 0 amide bonds. The van der Waals surface area contributed by atoms with Crippen LogP contribution in [0.2, 0.25) is 0 Å². The predicted molar refractivity (Wildman–Crippen MR) is 94.1 cm³/mol. The lowest BCUT2D eigenvalue weighted by molar-refractivity contribution is 0.189. The molecule has 2 nitrogen and oxygen atoms in total. The van der Waals surface area contributed by atoms with Crippen LogP contribution >= 0.6 is 11.8 Å². The van der Waals surface area contributed by atoms with Crippen molar-refractivity contribution in [1.82, 2.24) is 10.2 Å². The monoisotopic (exact) mass is 306 g/mol. The van der Waals surface area contributed by atoms with Crippen molar-refractivity contribution in [3.63, 3.8) is 0 Å². The van der Waals surface area contributed by atoms with Crippen LogP contribution in [0.3, 0.4) is 0 Å². The Hall–Kier alpha value is -0.510. The van der Waals surface area contributed by atoms with Crippen molar-refractivity contribution >= 4 is 11.8 Å². The molecule has 1 aromatic rings. The van der Waals surface area contributed by atoms with Gasteiger partial charge in [-0.05, 0) is 75.8 Å². The number of rotatable bonds is 6. The molecule has 1 aliphatic rings. The summed E-state index contributed by atoms with van der Waals surface area (Å²) in [7, 11) is 2.30. The zero-order valence-corrected chi connectivity index (χ0v) is 14.6. The van der Waals surface area contributed by atoms with Crippen LogP contribution in [0, 0.1) is 5.92 Å². The van der Waals surface area contributed by atoms with Gasteiger partial charge < -0.3 is 5.32 Å². The molecule has 3 heteroatoms. The van der Waals surface area contributed by atoms with E-state index in [1.807, 2.05) is 11.8 Å². The van der Waals surface area contributed by atoms with Gasteiger partial charge in [-0.2, -0.15) is 0 Å². The van der Waals surface area contributed by atoms with Gasteiger partial charge in [0.15, 0.2) is 0 Å². The van der Waals surface area contributed by atoms with Gasteiger partial charge in [-0.1, -0.05) is 25.5 Å². The Bertz CT molecular complexity index is 404. The van der Waals surface area contributed by atoms with E-state index in [2.05, 4.69) is 54.7 Å². The molecule has 2 rings (SSSR count). The maximum Gasteiger partial charge on any atom is 0.0385 e. The van der Waals surface area contributed by atoms with Gasteiger partial charge in [0.2, 0.25) is 0 Å². The molecule has 21 heavy (non-hydrogen) atoms. The number of likely N-dealkylation sites (tertiary alicyclic amines) is 1. The summed E-state index contributed by atoms with van der Waals surface area (Å²) >= 11 is 1.82. The zero-order valence-electron chi connectivity index (χ0n) is 13.8. The molecule has 1 aromatic carbocycles. The van der Waals surface area contributed by atoms with E-state index < -0.39 is 0 Å². The molecule has 1 heterocycles. The topological polar surface area (TPSA) is 15.3 Å². The minimum absolute atomic E-state index is 0.563. The number of hydrogen-bond acceptors (Lipinski definition) is 3. The highest BCUT2D eigenvalue weighted by atomic mass is 32.2. The van der Waals surface area contributed by atoms with Crippen molar-refractivity contribution < 1.29 is 0 Å². The minimum Gasteiger partial charge on any atom is -0.316 e. The van der Waals surface area contributed by atoms with Crippen LogP contribution in [-0.2, 0) is 0 Å². The fourth-order valence-electron chi connectivity index (χ4n) is 3.43. The van der Waals surface area contributed by atoms with Crippen molar-refractivity contribution in [2.24, 2.45) is 5.92 Å². The van der Waals surface area contributed by atoms with E-state index in [0.717, 1.165) is 19.0 Å². The van der Waals surface area contributed by atoms with Crippen LogP contribution in [0.25, 0.3) is 0 Å². The third-order valence-electron chi connectivity index (χ3n) is 4.55. The molecule has 0 saturated carbocycles. The number of nitrogens with zero attached hydrogens (tertiary/aromatic N) is 1. The minimum atomic E-state index is 0.563. The first-order valence-corrected chi connectivity index (χ1v) is 9.53. The van der Waals surface area contributed by atoms with E-state index >= 15 is 0 Å². The fourth-order valence-corrected chi connectivity index (χ4v) is 3.84. The Labute approximate surface area is 134 Å². The first-order chi connectivity index (χ1) is 10.3. The van der Waals surface area contributed by atoms with Crippen LogP contribution in [0.4, 0.5) is 0 Å². The molecule has 0 radical (unpaired) electrons. The fraction of sp³-hybridized carbons (Fsp3) is 0.667. The number of hydrogen-bond donors (Lipinski definition) is 1. The Kier molecular flexibility index (Phi) is 7.08. The second-order valence-corrected chi connectivity index (χ2v) is 7.04. The Morgan fingerprint density at radius 2 is 2.00 bits per heavy atom. The summed E-state index contributed by atoms with van der Waals surface area (Å²) in [5.41, 5.74) is 1.49. The average molecular weight is 307 g/mol. The van der Waals surface area contributed by atoms with E-state index in [1.165, 1.54) is 42.7 Å². The molecule has 2 unspecified atom stereocenters. The zero-order chi connectivity index (χ0) is 15.1. The van der Waals surface area contributed by atoms with Gasteiger partial charge in [-0.15, -0.1) is 11.8 Å². The van der Waals surface area contributed by atoms with E-state index in [-0.39, 0.29) is 0 Å². The Morgan fingerprint density at radius 1 is 1.24 bits per heavy atom. The van der Waals surface area contributed by atoms with Gasteiger partial charge >= 0.3 is 0 Å². The SMILES string of the molecule is CCCNCC1CCCCN(C)C1c1ccc(SC)cc1. The lowest BCUT2D eigenvalue weighted by atomic mass is 9.89. The van der Waals surface area contributed by atoms with Gasteiger partial charge in [0.05, 0.1) is 0 Å². The highest BCUT2D eigenvalue weighted by molar-refractivity contribution is 7.98. The largest absolute Gasteiger partial charge is 0.316 e. The van der Waals surface area contributed by atoms with Crippen molar-refractivity contribution in [3.05, 3.63) is 29.8 Å². The Balaban J connectivity index is 2.14. The molecule has 0 aliphatic carbocycles. The normalized spacial score (nSPS) is 24.0. The van der Waals surface area contributed by atoms with Gasteiger partial charge in [-0.3, -0.25) is 4.90 Å². The highest BCUT2D eigenvalue weighted by Crippen LogP contribution is 2.34. The van der Waals surface area contributed by atoms with Crippen molar-refractivity contribution in [3.8, 4) is 0 Å². The van der Waals surface area contributed by atoms with E-state index in [4.69, 9.17) is 0 Å². The van der Waals surface area contributed by atoms with Crippen molar-refractivity contribution in [2.75, 3.05) is 32.9 Å². The second kappa shape index (κ2) is 8.82. The number of thioether (sulfide) groups is 1. The molecule has 0 spiro atoms. The Morgan fingerprint density at radius 3 is 2.67 bits per heavy atom. The summed E-state index contributed by atoms with van der Waals surface area (Å²) < 4.78 is 0. The van der Waals surface area contributed by atoms with Crippen LogP contribution in [0.5, 0.6) is 0 Å². The summed E-state index contributed by atoms with van der Waals surface area (Å²) in [6.07, 6.45) is 7.40. The summed E-state index contributed by atoms with van der Waals surface area (Å²) in [5.74, 6) is 0.726. The summed E-state index contributed by atoms with van der Waals surface area (Å²) in [4.78, 5) is 3.93. The smallest absolute Gasteiger partial charge is 0.0385 e. The molecule has 0 aromatic heterocycles. The maximum absolute atomic E-state index is 3.64. The van der Waals surface area contributed by atoms with Crippen molar-refractivity contribution in [2.45, 2.75) is 43.5 Å². The molecule has 1 aliphatic heterocycles. The number of benzene rings is 1. The van der Waals surface area contributed by atoms with E-state index in [0.29, 0.717) is 6.04 Å². The van der Waals surface area contributed by atoms with Crippen LogP contribution < -0.4 is 5.32 Å². The third kappa shape index (κ3) is 4.73. The molecule has 0 bridgehead atoms. The lowest BCUT2D eigenvalue weighted by Crippen LogP contribution is -2.35. The molecule has 118 valence electrons. The van der Waals surface area contributed by atoms with Crippen molar-refractivity contribution in [1.29, 1.82) is 0 Å². The molecule has 1 saturated heterocycles. The average Bonchev–Trinajstić information content (AvgIpc) is 2.69. The lowest BCUT2D eigenvalue weighted by Gasteiger charge is -2.33. The van der Waals surface area contributed by atoms with Gasteiger partial charge in [0.1, 0.15) is 0 Å². The summed E-state index contributed by atoms with van der Waals surface area (Å²) in [6.45, 7) is 5.75. The van der Waals surface area contributed by atoms with E-state index in [9.17, 15) is 0 Å². The first-order valence-electron chi connectivity index (χ1n) is 8.31. The van der Waals surface area contributed by atoms with E-state index in [1.54, 1.807) is 0 Å². The quantitative estimate of drug-likeness (QED) is 0.627. The summed E-state index contributed by atoms with van der Waals surface area (Å²) in [5, 5.41) is 3.64. The van der Waals surface area contributed by atoms with Crippen LogP contribution in [0.15, 0.2) is 29.2 Å². The maximum atomic E-state index is 3.64. The summed E-state index contributed by atoms with van der Waals surface area (Å²) in [6, 6.07) is 9.79. The molecule has 2 atom stereocenters. The second-order valence-electron chi connectivity index (χ2n) is 6.16. The molecule has 1 fully saturated rings. The first kappa shape index (κ1) is 16.9. The standard InChI is InChI=1S/C18H30N2S/c1-4-12-19-14-16-7-5-6-13-20(2)18(16)15-8-10-17(21-3)11-9-15/h8-11,16,18-19H,4-7,12-14H2,1-3H3. The predicted octanol–water partition coefficient (Wildman–Crippen LogP) is 4.18. The highest BCUT2D eigenvalue weighted by Gasteiger charge is 2.28. The van der Waals surface area contributed by atoms with Gasteiger partial charge in [0.25, 0.3) is 0 Å². The molecule has 1 N–H and O–H groups in total. The van der Waals surface area contributed by atoms with Gasteiger partial charge in [-0.25, -0.2) is 0 Å². The van der Waals surface area contributed by atoms with Crippen LogP contribution in [-0.4, -0.2) is 37.8 Å².